The minimum Gasteiger partial charge on any atom is -0.457 e. The number of esters is 2. The van der Waals surface area contributed by atoms with Crippen LogP contribution in [0.3, 0.4) is 0 Å². The van der Waals surface area contributed by atoms with Crippen LogP contribution in [0.4, 0.5) is 0 Å². The number of allylic oxidation sites excluding steroid dienone is 1. The third-order valence-electron chi connectivity index (χ3n) is 1.03. The molecule has 0 saturated carbocycles. The van der Waals surface area contributed by atoms with Gasteiger partial charge in [-0.25, -0.2) is 4.79 Å². The molecule has 0 amide bonds. The molecule has 0 N–H and O–H groups in total. The molecule has 0 saturated heterocycles. The molecule has 80 valence electrons. The summed E-state index contributed by atoms with van der Waals surface area (Å²) in [7, 11) is 0. The van der Waals surface area contributed by atoms with Gasteiger partial charge in [0.15, 0.2) is 0 Å². The van der Waals surface area contributed by atoms with E-state index in [0.29, 0.717) is 0 Å². The van der Waals surface area contributed by atoms with Crippen LogP contribution in [-0.2, 0) is 19.1 Å². The van der Waals surface area contributed by atoms with Gasteiger partial charge in [-0.3, -0.25) is 4.79 Å². The van der Waals surface area contributed by atoms with Crippen molar-refractivity contribution in [3.63, 3.8) is 0 Å². The molecule has 0 rings (SSSR count). The average Bonchev–Trinajstić information content (AvgIpc) is 1.77. The van der Waals surface area contributed by atoms with Crippen LogP contribution in [0.5, 0.6) is 0 Å². The molecule has 0 aromatic rings. The summed E-state index contributed by atoms with van der Waals surface area (Å²) < 4.78 is 9.64. The zero-order valence-electron chi connectivity index (χ0n) is 9.21. The maximum Gasteiger partial charge on any atom is 0.334 e. The molecular formula is C10H16O4. The van der Waals surface area contributed by atoms with E-state index in [9.17, 15) is 9.59 Å². The summed E-state index contributed by atoms with van der Waals surface area (Å²) in [4.78, 5) is 21.7. The van der Waals surface area contributed by atoms with E-state index in [0.717, 1.165) is 6.08 Å². The van der Waals surface area contributed by atoms with Crippen molar-refractivity contribution < 1.29 is 19.1 Å². The lowest BCUT2D eigenvalue weighted by Crippen LogP contribution is -2.22. The third-order valence-corrected chi connectivity index (χ3v) is 1.03. The van der Waals surface area contributed by atoms with Gasteiger partial charge in [-0.1, -0.05) is 0 Å². The number of carbonyl (C=O) groups is 2. The van der Waals surface area contributed by atoms with Gasteiger partial charge >= 0.3 is 11.9 Å². The zero-order valence-corrected chi connectivity index (χ0v) is 9.21. The van der Waals surface area contributed by atoms with Crippen molar-refractivity contribution in [2.75, 3.05) is 0 Å². The number of rotatable bonds is 2. The number of hydrogen-bond acceptors (Lipinski definition) is 4. The van der Waals surface area contributed by atoms with Gasteiger partial charge in [-0.15, -0.1) is 0 Å². The van der Waals surface area contributed by atoms with Crippen molar-refractivity contribution in [2.45, 2.75) is 40.2 Å². The molecule has 0 spiro atoms. The molecular weight excluding hydrogens is 184 g/mol. The first kappa shape index (κ1) is 12.7. The Bertz CT molecular complexity index is 258. The summed E-state index contributed by atoms with van der Waals surface area (Å²) in [5, 5.41) is 0. The van der Waals surface area contributed by atoms with E-state index in [2.05, 4.69) is 4.74 Å². The van der Waals surface area contributed by atoms with Crippen molar-refractivity contribution in [2.24, 2.45) is 0 Å². The number of carbonyl (C=O) groups excluding carboxylic acids is 2. The van der Waals surface area contributed by atoms with Crippen LogP contribution in [0.2, 0.25) is 0 Å². The van der Waals surface area contributed by atoms with E-state index in [4.69, 9.17) is 4.74 Å². The van der Waals surface area contributed by atoms with Gasteiger partial charge in [0.25, 0.3) is 0 Å². The van der Waals surface area contributed by atoms with Gasteiger partial charge in [-0.2, -0.15) is 0 Å². The van der Waals surface area contributed by atoms with Gasteiger partial charge in [0.05, 0.1) is 6.08 Å². The highest BCUT2D eigenvalue weighted by Gasteiger charge is 2.14. The molecule has 0 aromatic heterocycles. The summed E-state index contributed by atoms with van der Waals surface area (Å²) in [5.41, 5.74) is -0.538. The van der Waals surface area contributed by atoms with Gasteiger partial charge in [0, 0.05) is 6.92 Å². The van der Waals surface area contributed by atoms with Gasteiger partial charge in [0.2, 0.25) is 0 Å². The first-order valence-corrected chi connectivity index (χ1v) is 4.30. The monoisotopic (exact) mass is 200 g/mol. The summed E-state index contributed by atoms with van der Waals surface area (Å²) in [6.07, 6.45) is 1.15. The maximum atomic E-state index is 11.2. The molecule has 0 aromatic carbocycles. The van der Waals surface area contributed by atoms with Crippen LogP contribution in [0.1, 0.15) is 34.6 Å². The van der Waals surface area contributed by atoms with Crippen LogP contribution in [0, 0.1) is 0 Å². The maximum absolute atomic E-state index is 11.2. The highest BCUT2D eigenvalue weighted by atomic mass is 16.6. The lowest BCUT2D eigenvalue weighted by molar-refractivity contribution is -0.148. The Morgan fingerprint density at radius 2 is 1.64 bits per heavy atom. The molecule has 0 radical (unpaired) electrons. The van der Waals surface area contributed by atoms with E-state index in [1.807, 2.05) is 0 Å². The molecule has 0 atom stereocenters. The highest BCUT2D eigenvalue weighted by Crippen LogP contribution is 2.08. The van der Waals surface area contributed by atoms with Crippen LogP contribution in [-0.4, -0.2) is 17.5 Å². The van der Waals surface area contributed by atoms with E-state index in [-0.39, 0.29) is 5.76 Å². The Hall–Kier alpha value is -1.32. The van der Waals surface area contributed by atoms with E-state index in [1.165, 1.54) is 13.8 Å². The quantitative estimate of drug-likeness (QED) is 0.387. The molecule has 0 aliphatic carbocycles. The van der Waals surface area contributed by atoms with Crippen molar-refractivity contribution in [3.8, 4) is 0 Å². The Labute approximate surface area is 83.9 Å². The summed E-state index contributed by atoms with van der Waals surface area (Å²) >= 11 is 0. The molecule has 14 heavy (non-hydrogen) atoms. The van der Waals surface area contributed by atoms with Crippen LogP contribution in [0.25, 0.3) is 0 Å². The minimum absolute atomic E-state index is 0.228. The fourth-order valence-electron chi connectivity index (χ4n) is 0.753. The predicted molar refractivity (Wildman–Crippen MR) is 51.4 cm³/mol. The van der Waals surface area contributed by atoms with Crippen molar-refractivity contribution in [3.05, 3.63) is 11.8 Å². The largest absolute Gasteiger partial charge is 0.457 e. The Kier molecular flexibility index (Phi) is 4.34. The second kappa shape index (κ2) is 4.79. The minimum atomic E-state index is -0.538. The average molecular weight is 200 g/mol. The molecule has 0 fully saturated rings. The smallest absolute Gasteiger partial charge is 0.334 e. The molecule has 0 bridgehead atoms. The molecule has 4 heteroatoms. The molecule has 4 nitrogen and oxygen atoms in total. The Morgan fingerprint density at radius 1 is 1.14 bits per heavy atom. The SMILES string of the molecule is CC(=O)OC(C)=CC(=O)OC(C)(C)C. The molecule has 0 aliphatic rings. The fraction of sp³-hybridized carbons (Fsp3) is 0.600. The lowest BCUT2D eigenvalue weighted by Gasteiger charge is -2.18. The van der Waals surface area contributed by atoms with Crippen molar-refractivity contribution in [1.82, 2.24) is 0 Å². The van der Waals surface area contributed by atoms with Crippen LogP contribution < -0.4 is 0 Å². The van der Waals surface area contributed by atoms with Crippen LogP contribution in [0.15, 0.2) is 11.8 Å². The van der Waals surface area contributed by atoms with Gasteiger partial charge in [-0.05, 0) is 27.7 Å². The zero-order chi connectivity index (χ0) is 11.4. The highest BCUT2D eigenvalue weighted by molar-refractivity contribution is 5.83. The Balaban J connectivity index is 4.23. The fourth-order valence-corrected chi connectivity index (χ4v) is 0.753. The Morgan fingerprint density at radius 3 is 2.00 bits per heavy atom. The summed E-state index contributed by atoms with van der Waals surface area (Å²) in [6.45, 7) is 8.08. The van der Waals surface area contributed by atoms with Gasteiger partial charge < -0.3 is 9.47 Å². The summed E-state index contributed by atoms with van der Waals surface area (Å²) in [6, 6.07) is 0. The normalized spacial score (nSPS) is 12.2. The first-order chi connectivity index (χ1) is 6.20. The third kappa shape index (κ3) is 7.34. The van der Waals surface area contributed by atoms with E-state index >= 15 is 0 Å². The lowest BCUT2D eigenvalue weighted by atomic mass is 10.2. The second-order valence-electron chi connectivity index (χ2n) is 3.88. The van der Waals surface area contributed by atoms with Crippen LogP contribution >= 0.6 is 0 Å². The van der Waals surface area contributed by atoms with Crippen molar-refractivity contribution in [1.29, 1.82) is 0 Å². The standard InChI is InChI=1S/C10H16O4/c1-7(13-8(2)11)6-9(12)14-10(3,4)5/h6H,1-5H3. The van der Waals surface area contributed by atoms with Gasteiger partial charge in [0.1, 0.15) is 11.4 Å². The van der Waals surface area contributed by atoms with E-state index in [1.54, 1.807) is 20.8 Å². The number of ether oxygens (including phenoxy) is 2. The number of hydrogen-bond donors (Lipinski definition) is 0. The van der Waals surface area contributed by atoms with E-state index < -0.39 is 17.5 Å². The summed E-state index contributed by atoms with van der Waals surface area (Å²) in [5.74, 6) is -0.745. The molecule has 0 aliphatic heterocycles. The first-order valence-electron chi connectivity index (χ1n) is 4.30. The second-order valence-corrected chi connectivity index (χ2v) is 3.88. The molecule has 0 heterocycles. The predicted octanol–water partition coefficient (Wildman–Crippen LogP) is 1.79. The van der Waals surface area contributed by atoms with Crippen molar-refractivity contribution >= 4 is 11.9 Å². The molecule has 0 unspecified atom stereocenters. The topological polar surface area (TPSA) is 52.6 Å².